The molecule has 0 radical (unpaired) electrons. The maximum atomic E-state index is 5.39. The SMILES string of the molecule is COc1ccccc1N1CC1c1ccccc1. The zero-order valence-corrected chi connectivity index (χ0v) is 9.84. The molecule has 1 atom stereocenters. The number of para-hydroxylation sites is 2. The van der Waals surface area contributed by atoms with Crippen molar-refractivity contribution in [1.82, 2.24) is 0 Å². The van der Waals surface area contributed by atoms with Gasteiger partial charge in [-0.05, 0) is 17.7 Å². The van der Waals surface area contributed by atoms with E-state index in [1.807, 2.05) is 12.1 Å². The highest BCUT2D eigenvalue weighted by Gasteiger charge is 2.36. The topological polar surface area (TPSA) is 12.2 Å². The molecule has 0 aromatic heterocycles. The van der Waals surface area contributed by atoms with Crippen molar-refractivity contribution in [2.45, 2.75) is 6.04 Å². The number of methoxy groups -OCH3 is 1. The summed E-state index contributed by atoms with van der Waals surface area (Å²) in [5, 5.41) is 0. The molecule has 0 amide bonds. The number of benzene rings is 2. The number of anilines is 1. The molecule has 1 saturated heterocycles. The third-order valence-electron chi connectivity index (χ3n) is 3.19. The summed E-state index contributed by atoms with van der Waals surface area (Å²) in [6.07, 6.45) is 0. The summed E-state index contributed by atoms with van der Waals surface area (Å²) in [7, 11) is 1.72. The second-order valence-electron chi connectivity index (χ2n) is 4.25. The molecule has 1 fully saturated rings. The van der Waals surface area contributed by atoms with E-state index in [2.05, 4.69) is 47.4 Å². The van der Waals surface area contributed by atoms with Crippen LogP contribution in [0, 0.1) is 0 Å². The van der Waals surface area contributed by atoms with Crippen LogP contribution < -0.4 is 9.64 Å². The molecule has 2 aromatic carbocycles. The molecule has 0 bridgehead atoms. The maximum absolute atomic E-state index is 5.39. The van der Waals surface area contributed by atoms with Crippen molar-refractivity contribution < 1.29 is 4.74 Å². The Bertz CT molecular complexity index is 509. The summed E-state index contributed by atoms with van der Waals surface area (Å²) in [5.74, 6) is 0.950. The molecule has 2 heteroatoms. The smallest absolute Gasteiger partial charge is 0.142 e. The molecule has 0 saturated carbocycles. The summed E-state index contributed by atoms with van der Waals surface area (Å²) in [6.45, 7) is 1.07. The van der Waals surface area contributed by atoms with Crippen LogP contribution in [0.4, 0.5) is 5.69 Å². The molecule has 86 valence electrons. The molecule has 1 aliphatic heterocycles. The number of hydrogen-bond donors (Lipinski definition) is 0. The molecule has 17 heavy (non-hydrogen) atoms. The molecule has 2 nitrogen and oxygen atoms in total. The largest absolute Gasteiger partial charge is 0.495 e. The fourth-order valence-corrected chi connectivity index (χ4v) is 2.23. The minimum atomic E-state index is 0.507. The number of hydrogen-bond acceptors (Lipinski definition) is 2. The summed E-state index contributed by atoms with van der Waals surface area (Å²) < 4.78 is 5.39. The van der Waals surface area contributed by atoms with Gasteiger partial charge in [-0.1, -0.05) is 42.5 Å². The monoisotopic (exact) mass is 225 g/mol. The van der Waals surface area contributed by atoms with E-state index < -0.39 is 0 Å². The quantitative estimate of drug-likeness (QED) is 0.743. The predicted molar refractivity (Wildman–Crippen MR) is 69.5 cm³/mol. The highest BCUT2D eigenvalue weighted by molar-refractivity contribution is 5.64. The van der Waals surface area contributed by atoms with Crippen molar-refractivity contribution in [1.29, 1.82) is 0 Å². The third-order valence-corrected chi connectivity index (χ3v) is 3.19. The molecule has 2 aromatic rings. The van der Waals surface area contributed by atoms with Crippen LogP contribution in [0.2, 0.25) is 0 Å². The molecule has 3 rings (SSSR count). The van der Waals surface area contributed by atoms with Crippen molar-refractivity contribution in [3.63, 3.8) is 0 Å². The van der Waals surface area contributed by atoms with Gasteiger partial charge in [-0.15, -0.1) is 0 Å². The standard InChI is InChI=1S/C15H15NO/c1-17-15-10-6-5-9-13(15)16-11-14(16)12-7-3-2-4-8-12/h2-10,14H,11H2,1H3. The van der Waals surface area contributed by atoms with Crippen molar-refractivity contribution >= 4 is 5.69 Å². The van der Waals surface area contributed by atoms with Crippen LogP contribution in [-0.4, -0.2) is 13.7 Å². The van der Waals surface area contributed by atoms with Crippen LogP contribution in [0.3, 0.4) is 0 Å². The first-order valence-corrected chi connectivity index (χ1v) is 5.85. The average Bonchev–Trinajstić information content (AvgIpc) is 3.20. The van der Waals surface area contributed by atoms with Crippen LogP contribution in [0.15, 0.2) is 54.6 Å². The number of nitrogens with zero attached hydrogens (tertiary/aromatic N) is 1. The lowest BCUT2D eigenvalue weighted by molar-refractivity contribution is 0.416. The summed E-state index contributed by atoms with van der Waals surface area (Å²) >= 11 is 0. The Labute approximate surface area is 101 Å². The van der Waals surface area contributed by atoms with Crippen molar-refractivity contribution in [3.05, 3.63) is 60.2 Å². The van der Waals surface area contributed by atoms with Gasteiger partial charge in [0, 0.05) is 6.54 Å². The van der Waals surface area contributed by atoms with Crippen LogP contribution in [0.25, 0.3) is 0 Å². The fraction of sp³-hybridized carbons (Fsp3) is 0.200. The lowest BCUT2D eigenvalue weighted by Gasteiger charge is -2.10. The van der Waals surface area contributed by atoms with E-state index in [0.29, 0.717) is 6.04 Å². The van der Waals surface area contributed by atoms with Crippen molar-refractivity contribution in [2.75, 3.05) is 18.6 Å². The van der Waals surface area contributed by atoms with Crippen LogP contribution >= 0.6 is 0 Å². The van der Waals surface area contributed by atoms with E-state index >= 15 is 0 Å². The van der Waals surface area contributed by atoms with E-state index in [-0.39, 0.29) is 0 Å². The van der Waals surface area contributed by atoms with Gasteiger partial charge in [0.1, 0.15) is 5.75 Å². The molecular formula is C15H15NO. The van der Waals surface area contributed by atoms with Crippen LogP contribution in [0.5, 0.6) is 5.75 Å². The Morgan fingerprint density at radius 2 is 1.71 bits per heavy atom. The van der Waals surface area contributed by atoms with Gasteiger partial charge < -0.3 is 9.64 Å². The van der Waals surface area contributed by atoms with Crippen molar-refractivity contribution in [3.8, 4) is 5.75 Å². The first kappa shape index (κ1) is 10.2. The van der Waals surface area contributed by atoms with Gasteiger partial charge in [0.05, 0.1) is 18.8 Å². The minimum Gasteiger partial charge on any atom is -0.495 e. The fourth-order valence-electron chi connectivity index (χ4n) is 2.23. The second kappa shape index (κ2) is 4.13. The highest BCUT2D eigenvalue weighted by atomic mass is 16.5. The second-order valence-corrected chi connectivity index (χ2v) is 4.25. The van der Waals surface area contributed by atoms with Crippen LogP contribution in [0.1, 0.15) is 11.6 Å². The number of ether oxygens (including phenoxy) is 1. The molecule has 0 spiro atoms. The first-order chi connectivity index (χ1) is 8.40. The zero-order valence-electron chi connectivity index (χ0n) is 9.84. The Morgan fingerprint density at radius 1 is 1.00 bits per heavy atom. The summed E-state index contributed by atoms with van der Waals surface area (Å²) in [4.78, 5) is 2.36. The number of rotatable bonds is 3. The molecule has 1 unspecified atom stereocenters. The zero-order chi connectivity index (χ0) is 11.7. The Balaban J connectivity index is 1.85. The van der Waals surface area contributed by atoms with Gasteiger partial charge in [0.25, 0.3) is 0 Å². The van der Waals surface area contributed by atoms with Gasteiger partial charge >= 0.3 is 0 Å². The Kier molecular flexibility index (Phi) is 2.48. The molecule has 0 aliphatic carbocycles. The van der Waals surface area contributed by atoms with Gasteiger partial charge in [0.2, 0.25) is 0 Å². The van der Waals surface area contributed by atoms with Gasteiger partial charge in [-0.3, -0.25) is 0 Å². The highest BCUT2D eigenvalue weighted by Crippen LogP contribution is 2.43. The van der Waals surface area contributed by atoms with E-state index in [9.17, 15) is 0 Å². The normalized spacial score (nSPS) is 17.9. The molecular weight excluding hydrogens is 210 g/mol. The van der Waals surface area contributed by atoms with Crippen LogP contribution in [-0.2, 0) is 0 Å². The average molecular weight is 225 g/mol. The Morgan fingerprint density at radius 3 is 2.47 bits per heavy atom. The van der Waals surface area contributed by atoms with E-state index in [1.54, 1.807) is 7.11 Å². The lowest BCUT2D eigenvalue weighted by atomic mass is 10.1. The lowest BCUT2D eigenvalue weighted by Crippen LogP contribution is -1.97. The van der Waals surface area contributed by atoms with Gasteiger partial charge in [-0.25, -0.2) is 0 Å². The van der Waals surface area contributed by atoms with Gasteiger partial charge in [0.15, 0.2) is 0 Å². The van der Waals surface area contributed by atoms with Gasteiger partial charge in [-0.2, -0.15) is 0 Å². The van der Waals surface area contributed by atoms with E-state index in [0.717, 1.165) is 12.3 Å². The first-order valence-electron chi connectivity index (χ1n) is 5.85. The maximum Gasteiger partial charge on any atom is 0.142 e. The molecule has 0 N–H and O–H groups in total. The summed E-state index contributed by atoms with van der Waals surface area (Å²) in [5.41, 5.74) is 2.56. The summed E-state index contributed by atoms with van der Waals surface area (Å²) in [6, 6.07) is 19.3. The Hall–Kier alpha value is -1.96. The molecule has 1 heterocycles. The van der Waals surface area contributed by atoms with E-state index in [1.165, 1.54) is 11.3 Å². The third kappa shape index (κ3) is 1.86. The predicted octanol–water partition coefficient (Wildman–Crippen LogP) is 3.26. The van der Waals surface area contributed by atoms with Crippen molar-refractivity contribution in [2.24, 2.45) is 0 Å². The minimum absolute atomic E-state index is 0.507. The molecule has 1 aliphatic rings. The van der Waals surface area contributed by atoms with E-state index in [4.69, 9.17) is 4.74 Å².